The van der Waals surface area contributed by atoms with E-state index in [1.54, 1.807) is 39.1 Å². The summed E-state index contributed by atoms with van der Waals surface area (Å²) in [7, 11) is 0. The Hall–Kier alpha value is -2.06. The minimum atomic E-state index is -0.512. The predicted molar refractivity (Wildman–Crippen MR) is 71.3 cm³/mol. The lowest BCUT2D eigenvalue weighted by Gasteiger charge is -2.18. The van der Waals surface area contributed by atoms with E-state index in [0.29, 0.717) is 5.69 Å². The number of hydrogen-bond donors (Lipinski definition) is 2. The second-order valence-corrected chi connectivity index (χ2v) is 4.85. The summed E-state index contributed by atoms with van der Waals surface area (Å²) in [5.41, 5.74) is 0.808. The van der Waals surface area contributed by atoms with Crippen LogP contribution < -0.4 is 5.32 Å². The zero-order chi connectivity index (χ0) is 14.3. The van der Waals surface area contributed by atoms with Crippen molar-refractivity contribution in [1.29, 1.82) is 0 Å². The topological polar surface area (TPSA) is 71.5 Å². The molecule has 5 nitrogen and oxygen atoms in total. The number of hydrogen-bond acceptors (Lipinski definition) is 4. The summed E-state index contributed by atoms with van der Waals surface area (Å²) in [6.45, 7) is 5.51. The van der Waals surface area contributed by atoms with Crippen molar-refractivity contribution < 1.29 is 14.6 Å². The van der Waals surface area contributed by atoms with Gasteiger partial charge in [-0.3, -0.25) is 4.98 Å². The molecular formula is C14H18N2O3. The average molecular weight is 262 g/mol. The van der Waals surface area contributed by atoms with Gasteiger partial charge < -0.3 is 15.2 Å². The first-order chi connectivity index (χ1) is 8.90. The number of aliphatic hydroxyl groups is 1. The van der Waals surface area contributed by atoms with Crippen LogP contribution in [0, 0.1) is 11.8 Å². The fourth-order valence-corrected chi connectivity index (χ4v) is 1.17. The molecule has 19 heavy (non-hydrogen) atoms. The predicted octanol–water partition coefficient (Wildman–Crippen LogP) is 1.45. The molecule has 0 aliphatic rings. The number of aliphatic hydroxyl groups excluding tert-OH is 1. The van der Waals surface area contributed by atoms with E-state index >= 15 is 0 Å². The summed E-state index contributed by atoms with van der Waals surface area (Å²) >= 11 is 0. The van der Waals surface area contributed by atoms with E-state index in [9.17, 15) is 4.79 Å². The summed E-state index contributed by atoms with van der Waals surface area (Å²) in [6, 6.07) is 3.46. The molecule has 0 atom stereocenters. The monoisotopic (exact) mass is 262 g/mol. The number of amides is 1. The van der Waals surface area contributed by atoms with Crippen molar-refractivity contribution in [3.05, 3.63) is 29.6 Å². The van der Waals surface area contributed by atoms with Crippen LogP contribution >= 0.6 is 0 Å². The van der Waals surface area contributed by atoms with E-state index in [2.05, 4.69) is 22.1 Å². The lowest BCUT2D eigenvalue weighted by atomic mass is 10.2. The second-order valence-electron chi connectivity index (χ2n) is 4.85. The summed E-state index contributed by atoms with van der Waals surface area (Å²) in [4.78, 5) is 15.3. The molecule has 0 saturated carbocycles. The van der Waals surface area contributed by atoms with Crippen molar-refractivity contribution in [2.45, 2.75) is 33.0 Å². The maximum atomic E-state index is 11.3. The maximum absolute atomic E-state index is 11.3. The van der Waals surface area contributed by atoms with Crippen LogP contribution in [0.25, 0.3) is 0 Å². The molecule has 0 aliphatic carbocycles. The molecule has 1 amide bonds. The molecule has 0 bridgehead atoms. The van der Waals surface area contributed by atoms with Crippen molar-refractivity contribution in [3.8, 4) is 11.8 Å². The Bertz CT molecular complexity index is 478. The van der Waals surface area contributed by atoms with Crippen molar-refractivity contribution in [1.82, 2.24) is 10.3 Å². The molecular weight excluding hydrogens is 244 g/mol. The van der Waals surface area contributed by atoms with E-state index in [1.165, 1.54) is 0 Å². The highest BCUT2D eigenvalue weighted by Gasteiger charge is 2.14. The molecule has 0 fully saturated rings. The van der Waals surface area contributed by atoms with Gasteiger partial charge in [0.25, 0.3) is 0 Å². The van der Waals surface area contributed by atoms with Crippen LogP contribution in [0.15, 0.2) is 18.3 Å². The molecule has 1 heterocycles. The average Bonchev–Trinajstić information content (AvgIpc) is 2.33. The van der Waals surface area contributed by atoms with Gasteiger partial charge in [0.05, 0.1) is 18.8 Å². The number of ether oxygens (including phenoxy) is 1. The molecule has 1 aromatic rings. The van der Waals surface area contributed by atoms with Crippen LogP contribution in [-0.4, -0.2) is 28.3 Å². The van der Waals surface area contributed by atoms with Crippen LogP contribution in [0.1, 0.15) is 32.0 Å². The first-order valence-electron chi connectivity index (χ1n) is 5.92. The highest BCUT2D eigenvalue weighted by Crippen LogP contribution is 2.06. The molecule has 2 N–H and O–H groups in total. The third kappa shape index (κ3) is 6.43. The van der Waals surface area contributed by atoms with Crippen LogP contribution in [0.4, 0.5) is 4.79 Å². The van der Waals surface area contributed by atoms with E-state index < -0.39 is 11.7 Å². The summed E-state index contributed by atoms with van der Waals surface area (Å²) in [5.74, 6) is 5.64. The molecule has 1 aromatic heterocycles. The lowest BCUT2D eigenvalue weighted by molar-refractivity contribution is 0.0535. The van der Waals surface area contributed by atoms with Gasteiger partial charge in [0.2, 0.25) is 0 Å². The van der Waals surface area contributed by atoms with Crippen molar-refractivity contribution in [2.24, 2.45) is 0 Å². The van der Waals surface area contributed by atoms with Crippen LogP contribution in [0.5, 0.6) is 0 Å². The third-order valence-corrected chi connectivity index (χ3v) is 1.94. The molecule has 0 radical (unpaired) electrons. The van der Waals surface area contributed by atoms with Gasteiger partial charge in [-0.05, 0) is 32.9 Å². The maximum Gasteiger partial charge on any atom is 0.408 e. The second kappa shape index (κ2) is 6.76. The van der Waals surface area contributed by atoms with E-state index in [4.69, 9.17) is 9.84 Å². The highest BCUT2D eigenvalue weighted by molar-refractivity contribution is 5.68. The summed E-state index contributed by atoms with van der Waals surface area (Å²) in [6.07, 6.45) is 1.09. The molecule has 5 heteroatoms. The summed E-state index contributed by atoms with van der Waals surface area (Å²) < 4.78 is 5.06. The van der Waals surface area contributed by atoms with Crippen molar-refractivity contribution in [3.63, 3.8) is 0 Å². The Morgan fingerprint density at radius 1 is 1.47 bits per heavy atom. The molecule has 102 valence electrons. The van der Waals surface area contributed by atoms with Gasteiger partial charge in [-0.25, -0.2) is 4.79 Å². The lowest BCUT2D eigenvalue weighted by Crippen LogP contribution is -2.32. The fraction of sp³-hybridized carbons (Fsp3) is 0.429. The molecule has 1 rings (SSSR count). The molecule has 0 unspecified atom stereocenters. The molecule has 0 saturated heterocycles. The van der Waals surface area contributed by atoms with E-state index in [-0.39, 0.29) is 13.2 Å². The number of carbonyl (C=O) groups excluding carboxylic acids is 1. The number of pyridine rings is 1. The zero-order valence-corrected chi connectivity index (χ0v) is 11.4. The SMILES string of the molecule is CC(C)(C)OC(=O)NCC#Cc1ccc(CO)nc1. The van der Waals surface area contributed by atoms with Gasteiger partial charge in [0.1, 0.15) is 5.60 Å². The number of carbonyl (C=O) groups is 1. The number of nitrogens with zero attached hydrogens (tertiary/aromatic N) is 1. The van der Waals surface area contributed by atoms with Crippen LogP contribution in [0.3, 0.4) is 0 Å². The minimum absolute atomic E-state index is 0.0894. The van der Waals surface area contributed by atoms with Gasteiger partial charge >= 0.3 is 6.09 Å². The Morgan fingerprint density at radius 3 is 2.74 bits per heavy atom. The largest absolute Gasteiger partial charge is 0.444 e. The standard InChI is InChI=1S/C14H18N2O3/c1-14(2,3)19-13(18)15-8-4-5-11-6-7-12(10-17)16-9-11/h6-7,9,17H,8,10H2,1-3H3,(H,15,18). The first-order valence-corrected chi connectivity index (χ1v) is 5.92. The molecule has 0 aromatic carbocycles. The number of aromatic nitrogens is 1. The van der Waals surface area contributed by atoms with E-state index in [0.717, 1.165) is 5.56 Å². The van der Waals surface area contributed by atoms with Gasteiger partial charge in [0.15, 0.2) is 0 Å². The Kier molecular flexibility index (Phi) is 5.34. The summed E-state index contributed by atoms with van der Waals surface area (Å²) in [5, 5.41) is 11.4. The van der Waals surface area contributed by atoms with Crippen LogP contribution in [0.2, 0.25) is 0 Å². The number of nitrogens with one attached hydrogen (secondary N) is 1. The van der Waals surface area contributed by atoms with Crippen molar-refractivity contribution in [2.75, 3.05) is 6.54 Å². The van der Waals surface area contributed by atoms with Gasteiger partial charge in [-0.15, -0.1) is 0 Å². The van der Waals surface area contributed by atoms with Gasteiger partial charge in [-0.2, -0.15) is 0 Å². The molecule has 0 aliphatic heterocycles. The molecule has 0 spiro atoms. The van der Waals surface area contributed by atoms with Gasteiger partial charge in [-0.1, -0.05) is 11.8 Å². The van der Waals surface area contributed by atoms with Gasteiger partial charge in [0, 0.05) is 11.8 Å². The minimum Gasteiger partial charge on any atom is -0.444 e. The third-order valence-electron chi connectivity index (χ3n) is 1.94. The highest BCUT2D eigenvalue weighted by atomic mass is 16.6. The Morgan fingerprint density at radius 2 is 2.21 bits per heavy atom. The Labute approximate surface area is 113 Å². The number of rotatable bonds is 2. The Balaban J connectivity index is 2.40. The first kappa shape index (κ1) is 15.0. The zero-order valence-electron chi connectivity index (χ0n) is 11.4. The van der Waals surface area contributed by atoms with E-state index in [1.807, 2.05) is 0 Å². The fourth-order valence-electron chi connectivity index (χ4n) is 1.17. The van der Waals surface area contributed by atoms with Crippen LogP contribution in [-0.2, 0) is 11.3 Å². The quantitative estimate of drug-likeness (QED) is 0.791. The van der Waals surface area contributed by atoms with Crippen molar-refractivity contribution >= 4 is 6.09 Å². The number of alkyl carbamates (subject to hydrolysis) is 1. The smallest absolute Gasteiger partial charge is 0.408 e. The normalized spacial score (nSPS) is 10.3.